The second kappa shape index (κ2) is 6.11. The quantitative estimate of drug-likeness (QED) is 0.587. The third kappa shape index (κ3) is 3.50. The standard InChI is InChI=1S/C14H18N2O5/c15-11(7-9-1-3-10(17)4-2-9)12(18)16-14(13(19)20)5-6-21-8-14/h1-4,11,17H,5-8,15H2,(H,16,18)(H,19,20). The lowest BCUT2D eigenvalue weighted by atomic mass is 9.97. The molecule has 0 saturated carbocycles. The number of aromatic hydroxyl groups is 1. The Morgan fingerprint density at radius 2 is 2.05 bits per heavy atom. The van der Waals surface area contributed by atoms with Crippen molar-refractivity contribution in [1.82, 2.24) is 5.32 Å². The van der Waals surface area contributed by atoms with E-state index in [9.17, 15) is 19.8 Å². The van der Waals surface area contributed by atoms with Gasteiger partial charge in [-0.3, -0.25) is 4.79 Å². The molecule has 1 aliphatic rings. The Kier molecular flexibility index (Phi) is 4.44. The molecule has 21 heavy (non-hydrogen) atoms. The van der Waals surface area contributed by atoms with Crippen molar-refractivity contribution in [3.8, 4) is 5.75 Å². The van der Waals surface area contributed by atoms with Gasteiger partial charge in [0.25, 0.3) is 0 Å². The molecule has 0 aliphatic carbocycles. The number of phenols is 1. The molecule has 1 saturated heterocycles. The summed E-state index contributed by atoms with van der Waals surface area (Å²) in [6.45, 7) is 0.236. The molecular weight excluding hydrogens is 276 g/mol. The molecule has 1 aromatic carbocycles. The average molecular weight is 294 g/mol. The predicted octanol–water partition coefficient (Wildman–Crippen LogP) is -0.378. The maximum absolute atomic E-state index is 12.1. The fourth-order valence-corrected chi connectivity index (χ4v) is 2.19. The van der Waals surface area contributed by atoms with Crippen molar-refractivity contribution in [2.75, 3.05) is 13.2 Å². The smallest absolute Gasteiger partial charge is 0.331 e. The summed E-state index contributed by atoms with van der Waals surface area (Å²) in [6.07, 6.45) is 0.475. The maximum atomic E-state index is 12.1. The van der Waals surface area contributed by atoms with Gasteiger partial charge in [-0.2, -0.15) is 0 Å². The molecule has 2 unspecified atom stereocenters. The van der Waals surface area contributed by atoms with Gasteiger partial charge >= 0.3 is 5.97 Å². The molecule has 2 atom stereocenters. The van der Waals surface area contributed by atoms with Crippen LogP contribution >= 0.6 is 0 Å². The second-order valence-electron chi connectivity index (χ2n) is 5.16. The van der Waals surface area contributed by atoms with Crippen molar-refractivity contribution in [1.29, 1.82) is 0 Å². The minimum absolute atomic E-state index is 0.0556. The lowest BCUT2D eigenvalue weighted by molar-refractivity contribution is -0.147. The van der Waals surface area contributed by atoms with E-state index in [4.69, 9.17) is 10.5 Å². The number of nitrogens with two attached hydrogens (primary N) is 1. The van der Waals surface area contributed by atoms with Gasteiger partial charge in [-0.05, 0) is 24.1 Å². The van der Waals surface area contributed by atoms with Gasteiger partial charge in [0.15, 0.2) is 5.54 Å². The number of carbonyl (C=O) groups is 2. The molecule has 7 heteroatoms. The summed E-state index contributed by atoms with van der Waals surface area (Å²) in [7, 11) is 0. The van der Waals surface area contributed by atoms with Crippen LogP contribution in [-0.4, -0.2) is 46.9 Å². The summed E-state index contributed by atoms with van der Waals surface area (Å²) in [5.74, 6) is -1.52. The number of phenolic OH excluding ortho intramolecular Hbond substituents is 1. The highest BCUT2D eigenvalue weighted by Gasteiger charge is 2.44. The molecule has 114 valence electrons. The third-order valence-electron chi connectivity index (χ3n) is 3.52. The monoisotopic (exact) mass is 294 g/mol. The van der Waals surface area contributed by atoms with Gasteiger partial charge in [-0.25, -0.2) is 4.79 Å². The second-order valence-corrected chi connectivity index (χ2v) is 5.16. The lowest BCUT2D eigenvalue weighted by Crippen LogP contribution is -2.59. The molecular formula is C14H18N2O5. The maximum Gasteiger partial charge on any atom is 0.331 e. The molecule has 7 nitrogen and oxygen atoms in total. The van der Waals surface area contributed by atoms with Crippen LogP contribution in [0.1, 0.15) is 12.0 Å². The first-order valence-electron chi connectivity index (χ1n) is 6.60. The minimum atomic E-state index is -1.39. The number of rotatable bonds is 5. The van der Waals surface area contributed by atoms with E-state index in [0.717, 1.165) is 5.56 Å². The number of hydrogen-bond acceptors (Lipinski definition) is 5. The van der Waals surface area contributed by atoms with E-state index in [1.807, 2.05) is 0 Å². The molecule has 1 aromatic rings. The number of carboxylic acid groups (broad SMARTS) is 1. The molecule has 0 aromatic heterocycles. The topological polar surface area (TPSA) is 122 Å². The fourth-order valence-electron chi connectivity index (χ4n) is 2.19. The van der Waals surface area contributed by atoms with Crippen LogP contribution < -0.4 is 11.1 Å². The Bertz CT molecular complexity index is 523. The minimum Gasteiger partial charge on any atom is -0.508 e. The number of carboxylic acids is 1. The number of benzene rings is 1. The number of amides is 1. The molecule has 2 rings (SSSR count). The first kappa shape index (κ1) is 15.3. The number of nitrogens with one attached hydrogen (secondary N) is 1. The van der Waals surface area contributed by atoms with E-state index in [2.05, 4.69) is 5.32 Å². The van der Waals surface area contributed by atoms with Crippen molar-refractivity contribution in [3.05, 3.63) is 29.8 Å². The van der Waals surface area contributed by atoms with Crippen molar-refractivity contribution >= 4 is 11.9 Å². The molecule has 0 radical (unpaired) electrons. The van der Waals surface area contributed by atoms with Crippen LogP contribution in [0.5, 0.6) is 5.75 Å². The lowest BCUT2D eigenvalue weighted by Gasteiger charge is -2.25. The highest BCUT2D eigenvalue weighted by molar-refractivity contribution is 5.90. The van der Waals surface area contributed by atoms with Gasteiger partial charge in [-0.15, -0.1) is 0 Å². The summed E-state index contributed by atoms with van der Waals surface area (Å²) < 4.78 is 5.07. The largest absolute Gasteiger partial charge is 0.508 e. The molecule has 0 bridgehead atoms. The summed E-state index contributed by atoms with van der Waals surface area (Å²) in [5.41, 5.74) is 5.21. The molecule has 5 N–H and O–H groups in total. The van der Waals surface area contributed by atoms with Crippen molar-refractivity contribution in [2.24, 2.45) is 5.73 Å². The van der Waals surface area contributed by atoms with Crippen LogP contribution in [0.4, 0.5) is 0 Å². The predicted molar refractivity (Wildman–Crippen MR) is 73.7 cm³/mol. The van der Waals surface area contributed by atoms with Crippen LogP contribution in [0, 0.1) is 0 Å². The number of aliphatic carboxylic acids is 1. The molecule has 1 amide bonds. The first-order valence-corrected chi connectivity index (χ1v) is 6.60. The van der Waals surface area contributed by atoms with E-state index in [0.29, 0.717) is 6.61 Å². The zero-order chi connectivity index (χ0) is 15.5. The van der Waals surface area contributed by atoms with Crippen molar-refractivity contribution in [2.45, 2.75) is 24.4 Å². The summed E-state index contributed by atoms with van der Waals surface area (Å²) in [6, 6.07) is 5.46. The number of carbonyl (C=O) groups excluding carboxylic acids is 1. The molecule has 1 aliphatic heterocycles. The van der Waals surface area contributed by atoms with Crippen LogP contribution in [0.2, 0.25) is 0 Å². The van der Waals surface area contributed by atoms with E-state index in [1.54, 1.807) is 12.1 Å². The van der Waals surface area contributed by atoms with Crippen molar-refractivity contribution < 1.29 is 24.5 Å². The Morgan fingerprint density at radius 1 is 1.38 bits per heavy atom. The Balaban J connectivity index is 1.99. The van der Waals surface area contributed by atoms with Gasteiger partial charge in [0.2, 0.25) is 5.91 Å². The molecule has 0 spiro atoms. The van der Waals surface area contributed by atoms with Crippen LogP contribution in [0.15, 0.2) is 24.3 Å². The average Bonchev–Trinajstić information content (AvgIpc) is 2.91. The van der Waals surface area contributed by atoms with Gasteiger partial charge in [0, 0.05) is 13.0 Å². The SMILES string of the molecule is NC(Cc1ccc(O)cc1)C(=O)NC1(C(=O)O)CCOC1. The van der Waals surface area contributed by atoms with E-state index < -0.39 is 23.5 Å². The first-order chi connectivity index (χ1) is 9.93. The fraction of sp³-hybridized carbons (Fsp3) is 0.429. The molecule has 1 fully saturated rings. The number of hydrogen-bond donors (Lipinski definition) is 4. The van der Waals surface area contributed by atoms with Crippen molar-refractivity contribution in [3.63, 3.8) is 0 Å². The Morgan fingerprint density at radius 3 is 2.57 bits per heavy atom. The third-order valence-corrected chi connectivity index (χ3v) is 3.52. The van der Waals surface area contributed by atoms with E-state index in [1.165, 1.54) is 12.1 Å². The molecule has 1 heterocycles. The number of ether oxygens (including phenoxy) is 1. The summed E-state index contributed by atoms with van der Waals surface area (Å²) in [5, 5.41) is 20.9. The van der Waals surface area contributed by atoms with Gasteiger partial charge < -0.3 is 26.0 Å². The highest BCUT2D eigenvalue weighted by Crippen LogP contribution is 2.19. The van der Waals surface area contributed by atoms with Gasteiger partial charge in [0.05, 0.1) is 12.6 Å². The summed E-state index contributed by atoms with van der Waals surface area (Å²) >= 11 is 0. The Hall–Kier alpha value is -2.12. The normalized spacial score (nSPS) is 22.7. The summed E-state index contributed by atoms with van der Waals surface area (Å²) in [4.78, 5) is 23.4. The van der Waals surface area contributed by atoms with Crippen LogP contribution in [0.3, 0.4) is 0 Å². The zero-order valence-electron chi connectivity index (χ0n) is 11.4. The zero-order valence-corrected chi connectivity index (χ0v) is 11.4. The highest BCUT2D eigenvalue weighted by atomic mass is 16.5. The van der Waals surface area contributed by atoms with E-state index in [-0.39, 0.29) is 25.2 Å². The van der Waals surface area contributed by atoms with E-state index >= 15 is 0 Å². The van der Waals surface area contributed by atoms with Crippen LogP contribution in [-0.2, 0) is 20.7 Å². The Labute approximate surface area is 121 Å². The van der Waals surface area contributed by atoms with Crippen LogP contribution in [0.25, 0.3) is 0 Å². The van der Waals surface area contributed by atoms with Gasteiger partial charge in [-0.1, -0.05) is 12.1 Å². The van der Waals surface area contributed by atoms with Gasteiger partial charge in [0.1, 0.15) is 5.75 Å².